The van der Waals surface area contributed by atoms with Crippen LogP contribution in [0.15, 0.2) is 54.6 Å². The highest BCUT2D eigenvalue weighted by Gasteiger charge is 2.13. The van der Waals surface area contributed by atoms with Crippen LogP contribution in [0.3, 0.4) is 0 Å². The second kappa shape index (κ2) is 16.8. The molecule has 1 unspecified atom stereocenters. The highest BCUT2D eigenvalue weighted by molar-refractivity contribution is 5.87. The number of carboxylic acid groups (broad SMARTS) is 1. The molecule has 206 valence electrons. The number of Topliss-reactive ketones (excluding diaryl/α,β-unsaturated/α-hetero) is 1. The van der Waals surface area contributed by atoms with Crippen LogP contribution in [0.5, 0.6) is 5.75 Å². The van der Waals surface area contributed by atoms with E-state index in [0.29, 0.717) is 12.0 Å². The molecule has 0 heterocycles. The third-order valence-electron chi connectivity index (χ3n) is 7.39. The molecule has 2 N–H and O–H groups in total. The Hall–Kier alpha value is -2.92. The first-order valence-electron chi connectivity index (χ1n) is 14.5. The summed E-state index contributed by atoms with van der Waals surface area (Å²) in [5.41, 5.74) is 2.49. The van der Waals surface area contributed by atoms with Crippen molar-refractivity contribution in [2.75, 3.05) is 13.2 Å². The molecule has 0 saturated heterocycles. The van der Waals surface area contributed by atoms with Gasteiger partial charge in [0.05, 0.1) is 12.2 Å². The van der Waals surface area contributed by atoms with Crippen LogP contribution in [0.1, 0.15) is 99.0 Å². The Morgan fingerprint density at radius 1 is 1.00 bits per heavy atom. The van der Waals surface area contributed by atoms with E-state index in [9.17, 15) is 14.7 Å². The van der Waals surface area contributed by atoms with Crippen molar-refractivity contribution in [3.05, 3.63) is 71.3 Å². The molecule has 0 aliphatic heterocycles. The Kier molecular flexibility index (Phi) is 13.1. The molecular weight excluding hydrogens is 474 g/mol. The van der Waals surface area contributed by atoms with Gasteiger partial charge in [-0.15, -0.1) is 0 Å². The molecule has 0 radical (unpaired) electrons. The molecule has 0 bridgehead atoms. The molecule has 3 rings (SSSR count). The predicted molar refractivity (Wildman–Crippen MR) is 155 cm³/mol. The van der Waals surface area contributed by atoms with Gasteiger partial charge in [0.25, 0.3) is 0 Å². The third-order valence-corrected chi connectivity index (χ3v) is 7.39. The second-order valence-electron chi connectivity index (χ2n) is 10.7. The van der Waals surface area contributed by atoms with Crippen LogP contribution in [0, 0.1) is 5.92 Å². The first-order chi connectivity index (χ1) is 18.5. The number of ether oxygens (including phenoxy) is 1. The largest absolute Gasteiger partial charge is 0.493 e. The summed E-state index contributed by atoms with van der Waals surface area (Å²) >= 11 is 0. The minimum absolute atomic E-state index is 0.234. The standard InChI is InChI=1S/C33H45NO4/c1-26(35)11-3-4-12-27(25-28-18-21-30(22-19-28)33(36)37)17-20-29-13-5-8-16-32(29)38-24-10-2-9-23-34-31-14-6-7-15-31/h5,8,13,16-22,27,31,34H,2-4,6-7,9-12,14-15,23-25H2,1H3,(H,36,37)/b20-17+. The molecule has 2 aromatic rings. The lowest BCUT2D eigenvalue weighted by Gasteiger charge is -2.14. The maximum atomic E-state index is 11.3. The first-order valence-corrected chi connectivity index (χ1v) is 14.5. The maximum Gasteiger partial charge on any atom is 0.335 e. The Bertz CT molecular complexity index is 1010. The molecule has 1 fully saturated rings. The SMILES string of the molecule is CC(=O)CCCCC(/C=C/c1ccccc1OCCCCCNC1CCCC1)Cc1ccc(C(=O)O)cc1. The van der Waals surface area contributed by atoms with Crippen molar-refractivity contribution in [1.29, 1.82) is 0 Å². The van der Waals surface area contributed by atoms with Gasteiger partial charge in [-0.3, -0.25) is 0 Å². The number of hydrogen-bond donors (Lipinski definition) is 2. The number of aromatic carboxylic acids is 1. The number of carboxylic acids is 1. The van der Waals surface area contributed by atoms with Gasteiger partial charge >= 0.3 is 5.97 Å². The lowest BCUT2D eigenvalue weighted by atomic mass is 9.92. The molecule has 5 heteroatoms. The summed E-state index contributed by atoms with van der Waals surface area (Å²) < 4.78 is 6.16. The molecule has 1 aliphatic carbocycles. The number of carbonyl (C=O) groups excluding carboxylic acids is 1. The minimum atomic E-state index is -0.908. The maximum absolute atomic E-state index is 11.3. The van der Waals surface area contributed by atoms with Crippen LogP contribution in [0.25, 0.3) is 6.08 Å². The second-order valence-corrected chi connectivity index (χ2v) is 10.7. The molecule has 1 saturated carbocycles. The number of nitrogens with one attached hydrogen (secondary N) is 1. The van der Waals surface area contributed by atoms with E-state index in [1.807, 2.05) is 30.3 Å². The number of carbonyl (C=O) groups is 2. The predicted octanol–water partition coefficient (Wildman–Crippen LogP) is 7.49. The van der Waals surface area contributed by atoms with Crippen LogP contribution in [0.2, 0.25) is 0 Å². The van der Waals surface area contributed by atoms with Crippen molar-refractivity contribution in [2.24, 2.45) is 5.92 Å². The number of rotatable bonds is 18. The molecule has 0 aromatic heterocycles. The Balaban J connectivity index is 1.51. The summed E-state index contributed by atoms with van der Waals surface area (Å²) in [5, 5.41) is 12.9. The zero-order valence-corrected chi connectivity index (χ0v) is 23.0. The Morgan fingerprint density at radius 2 is 1.76 bits per heavy atom. The van der Waals surface area contributed by atoms with Gasteiger partial charge in [0.15, 0.2) is 0 Å². The highest BCUT2D eigenvalue weighted by atomic mass is 16.5. The van der Waals surface area contributed by atoms with E-state index >= 15 is 0 Å². The van der Waals surface area contributed by atoms with Crippen LogP contribution in [-0.2, 0) is 11.2 Å². The fraction of sp³-hybridized carbons (Fsp3) is 0.515. The molecule has 2 aromatic carbocycles. The number of unbranched alkanes of at least 4 members (excludes halogenated alkanes) is 3. The molecule has 5 nitrogen and oxygen atoms in total. The molecule has 0 amide bonds. The van der Waals surface area contributed by atoms with E-state index in [4.69, 9.17) is 4.74 Å². The van der Waals surface area contributed by atoms with Gasteiger partial charge in [-0.25, -0.2) is 4.79 Å². The summed E-state index contributed by atoms with van der Waals surface area (Å²) in [6.07, 6.45) is 17.5. The van der Waals surface area contributed by atoms with E-state index in [-0.39, 0.29) is 11.7 Å². The van der Waals surface area contributed by atoms with Gasteiger partial charge in [0, 0.05) is 18.0 Å². The normalized spacial score (nSPS) is 14.7. The number of ketones is 1. The van der Waals surface area contributed by atoms with E-state index in [1.165, 1.54) is 38.5 Å². The smallest absolute Gasteiger partial charge is 0.335 e. The van der Waals surface area contributed by atoms with Gasteiger partial charge in [-0.05, 0) is 94.5 Å². The molecule has 1 atom stereocenters. The van der Waals surface area contributed by atoms with E-state index in [1.54, 1.807) is 19.1 Å². The van der Waals surface area contributed by atoms with Crippen LogP contribution in [-0.4, -0.2) is 36.1 Å². The average Bonchev–Trinajstić information content (AvgIpc) is 3.43. The number of benzene rings is 2. The number of allylic oxidation sites excluding steroid dienone is 1. The van der Waals surface area contributed by atoms with Crippen LogP contribution < -0.4 is 10.1 Å². The van der Waals surface area contributed by atoms with Crippen molar-refractivity contribution >= 4 is 17.8 Å². The van der Waals surface area contributed by atoms with Crippen molar-refractivity contribution in [1.82, 2.24) is 5.32 Å². The lowest BCUT2D eigenvalue weighted by molar-refractivity contribution is -0.117. The average molecular weight is 520 g/mol. The Morgan fingerprint density at radius 3 is 2.50 bits per heavy atom. The summed E-state index contributed by atoms with van der Waals surface area (Å²) in [4.78, 5) is 22.5. The fourth-order valence-electron chi connectivity index (χ4n) is 5.14. The topological polar surface area (TPSA) is 75.6 Å². The fourth-order valence-corrected chi connectivity index (χ4v) is 5.14. The number of hydrogen-bond acceptors (Lipinski definition) is 4. The van der Waals surface area contributed by atoms with E-state index in [0.717, 1.165) is 68.2 Å². The van der Waals surface area contributed by atoms with Crippen molar-refractivity contribution < 1.29 is 19.4 Å². The zero-order chi connectivity index (χ0) is 27.0. The summed E-state index contributed by atoms with van der Waals surface area (Å²) in [6.45, 7) is 3.47. The highest BCUT2D eigenvalue weighted by Crippen LogP contribution is 2.24. The van der Waals surface area contributed by atoms with Crippen LogP contribution >= 0.6 is 0 Å². The van der Waals surface area contributed by atoms with E-state index < -0.39 is 5.97 Å². The summed E-state index contributed by atoms with van der Waals surface area (Å²) in [7, 11) is 0. The first kappa shape index (κ1) is 29.6. The Labute approximate surface area is 228 Å². The van der Waals surface area contributed by atoms with Gasteiger partial charge in [-0.1, -0.05) is 61.7 Å². The third kappa shape index (κ3) is 11.2. The van der Waals surface area contributed by atoms with Gasteiger partial charge in [0.2, 0.25) is 0 Å². The quantitative estimate of drug-likeness (QED) is 0.200. The van der Waals surface area contributed by atoms with Crippen molar-refractivity contribution in [2.45, 2.75) is 90.0 Å². The summed E-state index contributed by atoms with van der Waals surface area (Å²) in [6, 6.07) is 16.1. The molecular formula is C33H45NO4. The molecule has 1 aliphatic rings. The number of para-hydroxylation sites is 1. The van der Waals surface area contributed by atoms with Crippen molar-refractivity contribution in [3.63, 3.8) is 0 Å². The van der Waals surface area contributed by atoms with E-state index in [2.05, 4.69) is 23.5 Å². The van der Waals surface area contributed by atoms with Crippen molar-refractivity contribution in [3.8, 4) is 5.75 Å². The van der Waals surface area contributed by atoms with Gasteiger partial charge in [0.1, 0.15) is 11.5 Å². The monoisotopic (exact) mass is 519 g/mol. The summed E-state index contributed by atoms with van der Waals surface area (Å²) in [5.74, 6) is 0.527. The molecule has 38 heavy (non-hydrogen) atoms. The lowest BCUT2D eigenvalue weighted by Crippen LogP contribution is -2.26. The zero-order valence-electron chi connectivity index (χ0n) is 23.0. The molecule has 0 spiro atoms. The van der Waals surface area contributed by atoms with Gasteiger partial charge < -0.3 is 20.0 Å². The van der Waals surface area contributed by atoms with Gasteiger partial charge in [-0.2, -0.15) is 0 Å². The minimum Gasteiger partial charge on any atom is -0.493 e. The van der Waals surface area contributed by atoms with Crippen LogP contribution in [0.4, 0.5) is 0 Å².